The van der Waals surface area contributed by atoms with Gasteiger partial charge in [0.25, 0.3) is 5.91 Å². The highest BCUT2D eigenvalue weighted by Gasteiger charge is 2.70. The molecule has 3 aliphatic rings. The van der Waals surface area contributed by atoms with Crippen molar-refractivity contribution in [3.63, 3.8) is 0 Å². The van der Waals surface area contributed by atoms with Crippen LogP contribution in [0.25, 0.3) is 0 Å². The van der Waals surface area contributed by atoms with Gasteiger partial charge in [-0.2, -0.15) is 13.2 Å². The standard InChI is InChI=1S/C33H52F3N5O6/c1-9-16-37-27(44)24(42)20(12-15-33(34,35)36)38-26(43)23-22-19(31(22,5)6)17-41(23)28(45)25(32(7)13-10-11-14-32)40-29(46)39-21(18-47-8)30(2,3)4/h9,19-23,25H,1,10-18H2,2-8H3,(H,37,44)(H,38,43)(H2,39,40,46)/t19-,20?,21?,22-,23-,25?/m0/s1. The summed E-state index contributed by atoms with van der Waals surface area (Å²) >= 11 is 0. The number of fused-ring (bicyclic) bond motifs is 1. The topological polar surface area (TPSA) is 146 Å². The zero-order chi connectivity index (χ0) is 35.5. The Bertz CT molecular complexity index is 1210. The number of hydrogen-bond acceptors (Lipinski definition) is 6. The zero-order valence-corrected chi connectivity index (χ0v) is 28.6. The lowest BCUT2D eigenvalue weighted by molar-refractivity contribution is -0.148. The van der Waals surface area contributed by atoms with Crippen LogP contribution in [0.15, 0.2) is 12.7 Å². The van der Waals surface area contributed by atoms with Gasteiger partial charge in [0.05, 0.1) is 18.7 Å². The van der Waals surface area contributed by atoms with E-state index in [1.165, 1.54) is 18.1 Å². The Hall–Kier alpha value is -3.16. The van der Waals surface area contributed by atoms with Gasteiger partial charge >= 0.3 is 12.2 Å². The lowest BCUT2D eigenvalue weighted by Crippen LogP contribution is -2.63. The highest BCUT2D eigenvalue weighted by molar-refractivity contribution is 6.38. The van der Waals surface area contributed by atoms with Crippen LogP contribution in [0.2, 0.25) is 0 Å². The maximum Gasteiger partial charge on any atom is 0.389 e. The van der Waals surface area contributed by atoms with Gasteiger partial charge in [-0.15, -0.1) is 6.58 Å². The van der Waals surface area contributed by atoms with Crippen molar-refractivity contribution in [2.75, 3.05) is 26.8 Å². The molecule has 14 heteroatoms. The Morgan fingerprint density at radius 1 is 1.02 bits per heavy atom. The summed E-state index contributed by atoms with van der Waals surface area (Å²) in [6.07, 6.45) is -2.52. The molecule has 0 bridgehead atoms. The monoisotopic (exact) mass is 671 g/mol. The minimum absolute atomic E-state index is 0.0692. The average Bonchev–Trinajstić information content (AvgIpc) is 3.34. The first-order valence-corrected chi connectivity index (χ1v) is 16.3. The van der Waals surface area contributed by atoms with Gasteiger partial charge in [0.2, 0.25) is 17.6 Å². The van der Waals surface area contributed by atoms with Crippen molar-refractivity contribution in [1.82, 2.24) is 26.2 Å². The Kier molecular flexibility index (Phi) is 11.8. The molecule has 1 saturated heterocycles. The molecule has 47 heavy (non-hydrogen) atoms. The average molecular weight is 672 g/mol. The molecule has 3 rings (SSSR count). The van der Waals surface area contributed by atoms with Crippen molar-refractivity contribution in [2.24, 2.45) is 28.1 Å². The maximum absolute atomic E-state index is 14.5. The number of halogens is 3. The van der Waals surface area contributed by atoms with E-state index in [9.17, 15) is 37.1 Å². The minimum atomic E-state index is -4.63. The van der Waals surface area contributed by atoms with Crippen molar-refractivity contribution >= 4 is 29.5 Å². The largest absolute Gasteiger partial charge is 0.389 e. The van der Waals surface area contributed by atoms with Gasteiger partial charge in [0.1, 0.15) is 12.1 Å². The first kappa shape index (κ1) is 38.3. The highest BCUT2D eigenvalue weighted by Crippen LogP contribution is 2.65. The van der Waals surface area contributed by atoms with E-state index in [1.54, 1.807) is 0 Å². The number of nitrogens with one attached hydrogen (secondary N) is 4. The normalized spacial score (nSPS) is 24.7. The van der Waals surface area contributed by atoms with Crippen LogP contribution in [-0.2, 0) is 23.9 Å². The van der Waals surface area contributed by atoms with Crippen LogP contribution in [0, 0.1) is 28.1 Å². The summed E-state index contributed by atoms with van der Waals surface area (Å²) in [5, 5.41) is 10.5. The van der Waals surface area contributed by atoms with Crippen molar-refractivity contribution in [1.29, 1.82) is 0 Å². The number of urea groups is 1. The third-order valence-corrected chi connectivity index (χ3v) is 10.4. The molecule has 2 aliphatic carbocycles. The molecule has 1 heterocycles. The van der Waals surface area contributed by atoms with Crippen LogP contribution in [-0.4, -0.2) is 91.6 Å². The Balaban J connectivity index is 1.90. The molecule has 266 valence electrons. The van der Waals surface area contributed by atoms with E-state index < -0.39 is 72.1 Å². The number of methoxy groups -OCH3 is 1. The molecule has 0 aromatic carbocycles. The summed E-state index contributed by atoms with van der Waals surface area (Å²) in [5.41, 5.74) is -1.30. The summed E-state index contributed by atoms with van der Waals surface area (Å²) in [4.78, 5) is 68.6. The molecule has 2 saturated carbocycles. The highest BCUT2D eigenvalue weighted by atomic mass is 19.4. The second kappa shape index (κ2) is 14.5. The van der Waals surface area contributed by atoms with Crippen molar-refractivity contribution < 1.29 is 41.9 Å². The molecular formula is C33H52F3N5O6. The van der Waals surface area contributed by atoms with Gasteiger partial charge in [-0.25, -0.2) is 4.79 Å². The first-order chi connectivity index (χ1) is 21.7. The van der Waals surface area contributed by atoms with Crippen molar-refractivity contribution in [2.45, 2.75) is 110 Å². The van der Waals surface area contributed by atoms with Crippen LogP contribution in [0.3, 0.4) is 0 Å². The fraction of sp³-hybridized carbons (Fsp3) is 0.788. The van der Waals surface area contributed by atoms with Crippen LogP contribution >= 0.6 is 0 Å². The lowest BCUT2D eigenvalue weighted by atomic mass is 9.79. The summed E-state index contributed by atoms with van der Waals surface area (Å²) in [7, 11) is 1.53. The maximum atomic E-state index is 14.5. The number of rotatable bonds is 14. The number of piperidine rings is 1. The summed E-state index contributed by atoms with van der Waals surface area (Å²) < 4.78 is 44.9. The van der Waals surface area contributed by atoms with E-state index >= 15 is 0 Å². The fourth-order valence-electron chi connectivity index (χ4n) is 7.23. The molecule has 4 N–H and O–H groups in total. The number of alkyl halides is 3. The first-order valence-electron chi connectivity index (χ1n) is 16.3. The number of nitrogens with zero attached hydrogens (tertiary/aromatic N) is 1. The summed E-state index contributed by atoms with van der Waals surface area (Å²) in [6.45, 7) is 15.5. The number of ketones is 1. The number of carbonyl (C=O) groups excluding carboxylic acids is 5. The third kappa shape index (κ3) is 9.05. The third-order valence-electron chi connectivity index (χ3n) is 10.4. The second-order valence-corrected chi connectivity index (χ2v) is 15.3. The van der Waals surface area contributed by atoms with E-state index in [0.717, 1.165) is 12.8 Å². The smallest absolute Gasteiger partial charge is 0.383 e. The Morgan fingerprint density at radius 2 is 1.64 bits per heavy atom. The number of Topliss-reactive ketones (excluding diaryl/α,β-unsaturated/α-hetero) is 1. The SMILES string of the molecule is C=CCNC(=O)C(=O)C(CCC(F)(F)F)NC(=O)[C@@H]1[C@@H]2[C@H](CN1C(=O)C(NC(=O)NC(COC)C(C)(C)C)C1(C)CCCC1)C2(C)C. The quantitative estimate of drug-likeness (QED) is 0.164. The Morgan fingerprint density at radius 3 is 2.17 bits per heavy atom. The van der Waals surface area contributed by atoms with Crippen molar-refractivity contribution in [3.05, 3.63) is 12.7 Å². The molecule has 0 spiro atoms. The number of amides is 5. The van der Waals surface area contributed by atoms with Gasteiger partial charge in [-0.1, -0.05) is 60.5 Å². The predicted molar refractivity (Wildman–Crippen MR) is 169 cm³/mol. The van der Waals surface area contributed by atoms with E-state index in [4.69, 9.17) is 4.74 Å². The number of likely N-dealkylation sites (tertiary alicyclic amines) is 1. The van der Waals surface area contributed by atoms with Crippen LogP contribution in [0.4, 0.5) is 18.0 Å². The van der Waals surface area contributed by atoms with E-state index in [1.807, 2.05) is 41.5 Å². The minimum Gasteiger partial charge on any atom is -0.383 e. The van der Waals surface area contributed by atoms with Crippen LogP contribution in [0.5, 0.6) is 0 Å². The molecule has 6 atom stereocenters. The Labute approximate surface area is 275 Å². The molecule has 3 fully saturated rings. The molecular weight excluding hydrogens is 619 g/mol. The summed E-state index contributed by atoms with van der Waals surface area (Å²) in [5.74, 6) is -4.02. The molecule has 11 nitrogen and oxygen atoms in total. The zero-order valence-electron chi connectivity index (χ0n) is 28.6. The van der Waals surface area contributed by atoms with Gasteiger partial charge in [-0.05, 0) is 47.3 Å². The van der Waals surface area contributed by atoms with Gasteiger partial charge in [0, 0.05) is 26.6 Å². The second-order valence-electron chi connectivity index (χ2n) is 15.3. The van der Waals surface area contributed by atoms with E-state index in [-0.39, 0.29) is 48.4 Å². The molecule has 1 aliphatic heterocycles. The summed E-state index contributed by atoms with van der Waals surface area (Å²) in [6, 6.07) is -4.77. The fourth-order valence-corrected chi connectivity index (χ4v) is 7.23. The number of carbonyl (C=O) groups is 5. The van der Waals surface area contributed by atoms with E-state index in [2.05, 4.69) is 27.8 Å². The van der Waals surface area contributed by atoms with Gasteiger partial charge < -0.3 is 30.9 Å². The number of ether oxygens (including phenoxy) is 1. The molecule has 3 unspecified atom stereocenters. The van der Waals surface area contributed by atoms with E-state index in [0.29, 0.717) is 12.8 Å². The van der Waals surface area contributed by atoms with Crippen molar-refractivity contribution in [3.8, 4) is 0 Å². The van der Waals surface area contributed by atoms with Gasteiger partial charge in [-0.3, -0.25) is 19.2 Å². The van der Waals surface area contributed by atoms with Crippen LogP contribution < -0.4 is 21.3 Å². The molecule has 5 amide bonds. The molecule has 0 radical (unpaired) electrons. The predicted octanol–water partition coefficient (Wildman–Crippen LogP) is 3.48. The molecule has 0 aromatic heterocycles. The number of hydrogen-bond donors (Lipinski definition) is 4. The van der Waals surface area contributed by atoms with Crippen LogP contribution in [0.1, 0.15) is 80.1 Å². The lowest BCUT2D eigenvalue weighted by Gasteiger charge is -2.40. The molecule has 0 aromatic rings. The van der Waals surface area contributed by atoms with Gasteiger partial charge in [0.15, 0.2) is 0 Å².